The van der Waals surface area contributed by atoms with Gasteiger partial charge in [-0.3, -0.25) is 4.79 Å². The number of ketones is 1. The summed E-state index contributed by atoms with van der Waals surface area (Å²) in [6.07, 6.45) is 0. The number of Topliss-reactive ketones (excluding diaryl/α,β-unsaturated/α-hetero) is 1. The summed E-state index contributed by atoms with van der Waals surface area (Å²) in [6, 6.07) is 5.83. The zero-order valence-corrected chi connectivity index (χ0v) is 8.64. The molecule has 1 aromatic heterocycles. The van der Waals surface area contributed by atoms with E-state index in [9.17, 15) is 4.79 Å². The molecule has 0 spiro atoms. The number of hydrogen-bond acceptors (Lipinski definition) is 1. The fourth-order valence-electron chi connectivity index (χ4n) is 1.78. The maximum absolute atomic E-state index is 11.4. The molecule has 2 nitrogen and oxygen atoms in total. The summed E-state index contributed by atoms with van der Waals surface area (Å²) in [4.78, 5) is 14.6. The Morgan fingerprint density at radius 3 is 2.64 bits per heavy atom. The van der Waals surface area contributed by atoms with E-state index in [1.807, 2.05) is 25.1 Å². The molecule has 0 aliphatic rings. The van der Waals surface area contributed by atoms with Crippen LogP contribution in [0.5, 0.6) is 0 Å². The van der Waals surface area contributed by atoms with Crippen molar-refractivity contribution in [1.82, 2.24) is 4.98 Å². The van der Waals surface area contributed by atoms with Crippen LogP contribution in [0.3, 0.4) is 0 Å². The molecule has 0 saturated heterocycles. The van der Waals surface area contributed by atoms with Gasteiger partial charge in [-0.15, -0.1) is 0 Å². The quantitative estimate of drug-likeness (QED) is 0.684. The Balaban J connectivity index is 2.88. The first-order valence-corrected chi connectivity index (χ1v) is 4.70. The zero-order chi connectivity index (χ0) is 10.3. The Labute approximate surface area is 82.9 Å². The van der Waals surface area contributed by atoms with Gasteiger partial charge in [0.1, 0.15) is 0 Å². The van der Waals surface area contributed by atoms with Crippen LogP contribution in [-0.4, -0.2) is 10.8 Å². The molecule has 0 amide bonds. The molecule has 0 aliphatic heterocycles. The van der Waals surface area contributed by atoms with Crippen molar-refractivity contribution in [2.45, 2.75) is 20.8 Å². The van der Waals surface area contributed by atoms with Crippen molar-refractivity contribution in [1.29, 1.82) is 0 Å². The predicted octanol–water partition coefficient (Wildman–Crippen LogP) is 2.99. The Kier molecular flexibility index (Phi) is 1.92. The minimum atomic E-state index is 0.108. The van der Waals surface area contributed by atoms with Crippen LogP contribution in [0, 0.1) is 13.8 Å². The second-order valence-corrected chi connectivity index (χ2v) is 3.66. The van der Waals surface area contributed by atoms with E-state index in [4.69, 9.17) is 0 Å². The van der Waals surface area contributed by atoms with E-state index in [1.54, 1.807) is 6.92 Å². The minimum absolute atomic E-state index is 0.108. The van der Waals surface area contributed by atoms with Gasteiger partial charge in [-0.05, 0) is 32.4 Å². The molecule has 1 aromatic carbocycles. The van der Waals surface area contributed by atoms with Crippen molar-refractivity contribution in [3.8, 4) is 0 Å². The molecule has 0 saturated carbocycles. The summed E-state index contributed by atoms with van der Waals surface area (Å²) in [5.41, 5.74) is 4.10. The third-order valence-corrected chi connectivity index (χ3v) is 2.72. The molecule has 1 heterocycles. The lowest BCUT2D eigenvalue weighted by Crippen LogP contribution is -1.92. The Bertz CT molecular complexity index is 508. The molecule has 0 aliphatic carbocycles. The van der Waals surface area contributed by atoms with E-state index in [0.717, 1.165) is 22.2 Å². The molecule has 2 heteroatoms. The van der Waals surface area contributed by atoms with Gasteiger partial charge in [-0.1, -0.05) is 12.1 Å². The van der Waals surface area contributed by atoms with Crippen molar-refractivity contribution in [3.63, 3.8) is 0 Å². The number of hydrogen-bond donors (Lipinski definition) is 1. The van der Waals surface area contributed by atoms with Crippen molar-refractivity contribution < 1.29 is 4.79 Å². The highest BCUT2D eigenvalue weighted by atomic mass is 16.1. The van der Waals surface area contributed by atoms with Crippen LogP contribution >= 0.6 is 0 Å². The average Bonchev–Trinajstić information content (AvgIpc) is 2.43. The molecular weight excluding hydrogens is 174 g/mol. The molecule has 0 atom stereocenters. The van der Waals surface area contributed by atoms with Gasteiger partial charge < -0.3 is 4.98 Å². The SMILES string of the molecule is CC(=O)c1cccc2c(C)c(C)[nH]c12. The van der Waals surface area contributed by atoms with Crippen molar-refractivity contribution in [2.24, 2.45) is 0 Å². The molecule has 0 unspecified atom stereocenters. The average molecular weight is 187 g/mol. The van der Waals surface area contributed by atoms with Gasteiger partial charge in [-0.25, -0.2) is 0 Å². The number of H-pyrrole nitrogens is 1. The third-order valence-electron chi connectivity index (χ3n) is 2.72. The van der Waals surface area contributed by atoms with E-state index in [2.05, 4.69) is 11.9 Å². The van der Waals surface area contributed by atoms with Gasteiger partial charge in [0.15, 0.2) is 5.78 Å². The Morgan fingerprint density at radius 2 is 2.00 bits per heavy atom. The summed E-state index contributed by atoms with van der Waals surface area (Å²) in [6.45, 7) is 5.69. The molecule has 14 heavy (non-hydrogen) atoms. The summed E-state index contributed by atoms with van der Waals surface area (Å²) in [5, 5.41) is 1.15. The highest BCUT2D eigenvalue weighted by Gasteiger charge is 2.09. The van der Waals surface area contributed by atoms with Crippen LogP contribution in [-0.2, 0) is 0 Å². The normalized spacial score (nSPS) is 10.8. The fraction of sp³-hybridized carbons (Fsp3) is 0.250. The maximum Gasteiger partial charge on any atom is 0.161 e. The number of nitrogens with one attached hydrogen (secondary N) is 1. The van der Waals surface area contributed by atoms with Crippen molar-refractivity contribution >= 4 is 16.7 Å². The molecule has 72 valence electrons. The number of carbonyl (C=O) groups is 1. The van der Waals surface area contributed by atoms with Gasteiger partial charge in [-0.2, -0.15) is 0 Å². The van der Waals surface area contributed by atoms with Gasteiger partial charge >= 0.3 is 0 Å². The molecule has 0 radical (unpaired) electrons. The number of carbonyl (C=O) groups excluding carboxylic acids is 1. The topological polar surface area (TPSA) is 32.9 Å². The monoisotopic (exact) mass is 187 g/mol. The first-order valence-electron chi connectivity index (χ1n) is 4.70. The van der Waals surface area contributed by atoms with Crippen molar-refractivity contribution in [3.05, 3.63) is 35.0 Å². The Morgan fingerprint density at radius 1 is 1.29 bits per heavy atom. The molecule has 2 rings (SSSR count). The zero-order valence-electron chi connectivity index (χ0n) is 8.64. The summed E-state index contributed by atoms with van der Waals surface area (Å²) in [7, 11) is 0. The van der Waals surface area contributed by atoms with E-state index >= 15 is 0 Å². The first kappa shape index (κ1) is 9.00. The number of benzene rings is 1. The Hall–Kier alpha value is -1.57. The number of para-hydroxylation sites is 1. The van der Waals surface area contributed by atoms with Crippen LogP contribution in [0.2, 0.25) is 0 Å². The molecule has 0 bridgehead atoms. The van der Waals surface area contributed by atoms with Gasteiger partial charge in [0, 0.05) is 16.6 Å². The first-order chi connectivity index (χ1) is 6.61. The minimum Gasteiger partial charge on any atom is -0.358 e. The van der Waals surface area contributed by atoms with E-state index in [-0.39, 0.29) is 5.78 Å². The maximum atomic E-state index is 11.4. The lowest BCUT2D eigenvalue weighted by Gasteiger charge is -1.97. The number of aromatic nitrogens is 1. The number of fused-ring (bicyclic) bond motifs is 1. The fourth-order valence-corrected chi connectivity index (χ4v) is 1.78. The van der Waals surface area contributed by atoms with E-state index < -0.39 is 0 Å². The van der Waals surface area contributed by atoms with Crippen LogP contribution < -0.4 is 0 Å². The van der Waals surface area contributed by atoms with Crippen LogP contribution in [0.4, 0.5) is 0 Å². The second kappa shape index (κ2) is 2.98. The van der Waals surface area contributed by atoms with Gasteiger partial charge in [0.2, 0.25) is 0 Å². The number of aryl methyl sites for hydroxylation is 2. The van der Waals surface area contributed by atoms with Gasteiger partial charge in [0.05, 0.1) is 5.52 Å². The summed E-state index contributed by atoms with van der Waals surface area (Å²) in [5.74, 6) is 0.108. The molecule has 1 N–H and O–H groups in total. The third kappa shape index (κ3) is 1.15. The molecule has 0 fully saturated rings. The van der Waals surface area contributed by atoms with E-state index in [1.165, 1.54) is 5.56 Å². The van der Waals surface area contributed by atoms with Crippen LogP contribution in [0.1, 0.15) is 28.5 Å². The van der Waals surface area contributed by atoms with Crippen LogP contribution in [0.15, 0.2) is 18.2 Å². The van der Waals surface area contributed by atoms with E-state index in [0.29, 0.717) is 0 Å². The lowest BCUT2D eigenvalue weighted by molar-refractivity contribution is 0.101. The second-order valence-electron chi connectivity index (χ2n) is 3.66. The standard InChI is InChI=1S/C12H13NO/c1-7-8(2)13-12-10(7)5-4-6-11(12)9(3)14/h4-6,13H,1-3H3. The smallest absolute Gasteiger partial charge is 0.161 e. The summed E-state index contributed by atoms with van der Waals surface area (Å²) >= 11 is 0. The highest BCUT2D eigenvalue weighted by Crippen LogP contribution is 2.24. The lowest BCUT2D eigenvalue weighted by atomic mass is 10.1. The highest BCUT2D eigenvalue weighted by molar-refractivity contribution is 6.06. The molecule has 2 aromatic rings. The number of aromatic amines is 1. The van der Waals surface area contributed by atoms with Crippen molar-refractivity contribution in [2.75, 3.05) is 0 Å². The predicted molar refractivity (Wildman–Crippen MR) is 57.8 cm³/mol. The largest absolute Gasteiger partial charge is 0.358 e. The van der Waals surface area contributed by atoms with Gasteiger partial charge in [0.25, 0.3) is 0 Å². The van der Waals surface area contributed by atoms with Crippen LogP contribution in [0.25, 0.3) is 10.9 Å². The molecular formula is C12H13NO. The summed E-state index contributed by atoms with van der Waals surface area (Å²) < 4.78 is 0. The number of rotatable bonds is 1.